The summed E-state index contributed by atoms with van der Waals surface area (Å²) in [5.74, 6) is 1.30. The van der Waals surface area contributed by atoms with Crippen LogP contribution in [-0.2, 0) is 0 Å². The summed E-state index contributed by atoms with van der Waals surface area (Å²) in [6, 6.07) is 0.593. The van der Waals surface area contributed by atoms with Crippen molar-refractivity contribution in [2.24, 2.45) is 0 Å². The molecule has 25 heavy (non-hydrogen) atoms. The fraction of sp³-hybridized carbons (Fsp3) is 0.706. The normalized spacial score (nSPS) is 17.2. The molecule has 2 aromatic heterocycles. The number of aliphatic hydroxyl groups excluding tert-OH is 1. The van der Waals surface area contributed by atoms with Crippen molar-refractivity contribution in [1.29, 1.82) is 0 Å². The van der Waals surface area contributed by atoms with E-state index in [1.54, 1.807) is 0 Å². The molecule has 0 saturated carbocycles. The minimum atomic E-state index is -0.0559. The second kappa shape index (κ2) is 7.97. The van der Waals surface area contributed by atoms with E-state index in [1.165, 1.54) is 0 Å². The number of piperidine rings is 1. The summed E-state index contributed by atoms with van der Waals surface area (Å²) in [6.45, 7) is 8.33. The number of hydrogen-bond acceptors (Lipinski definition) is 7. The van der Waals surface area contributed by atoms with E-state index in [0.29, 0.717) is 12.0 Å². The van der Waals surface area contributed by atoms with Gasteiger partial charge in [0.05, 0.1) is 19.0 Å². The van der Waals surface area contributed by atoms with Gasteiger partial charge in [-0.05, 0) is 46.2 Å². The lowest BCUT2D eigenvalue weighted by Gasteiger charge is -2.24. The Kier molecular flexibility index (Phi) is 5.70. The monoisotopic (exact) mass is 347 g/mol. The first kappa shape index (κ1) is 17.9. The van der Waals surface area contributed by atoms with Gasteiger partial charge in [-0.1, -0.05) is 6.92 Å². The van der Waals surface area contributed by atoms with Crippen LogP contribution in [-0.4, -0.2) is 56.4 Å². The lowest BCUT2D eigenvalue weighted by molar-refractivity contribution is 0.271. The highest BCUT2D eigenvalue weighted by molar-refractivity contribution is 5.84. The van der Waals surface area contributed by atoms with E-state index < -0.39 is 0 Å². The molecule has 3 rings (SSSR count). The summed E-state index contributed by atoms with van der Waals surface area (Å²) in [5, 5.41) is 19.6. The van der Waals surface area contributed by atoms with E-state index in [0.717, 1.165) is 49.3 Å². The van der Waals surface area contributed by atoms with Gasteiger partial charge >= 0.3 is 0 Å². The highest BCUT2D eigenvalue weighted by Crippen LogP contribution is 2.25. The Morgan fingerprint density at radius 2 is 2.08 bits per heavy atom. The highest BCUT2D eigenvalue weighted by atomic mass is 16.3. The van der Waals surface area contributed by atoms with Crippen molar-refractivity contribution in [2.75, 3.05) is 30.3 Å². The minimum absolute atomic E-state index is 0.0540. The second-order valence-electron chi connectivity index (χ2n) is 6.91. The summed E-state index contributed by atoms with van der Waals surface area (Å²) >= 11 is 0. The van der Waals surface area contributed by atoms with Crippen LogP contribution in [0.15, 0.2) is 6.33 Å². The molecule has 0 radical (unpaired) electrons. The molecule has 0 spiro atoms. The Morgan fingerprint density at radius 3 is 2.72 bits per heavy atom. The SMILES string of the molecule is CC[C@H](CO)Nc1nc(NC2CCNCC2)c2ncn(C(C)C)c2n1. The van der Waals surface area contributed by atoms with Crippen molar-refractivity contribution in [2.45, 2.75) is 58.2 Å². The Balaban J connectivity index is 1.97. The number of nitrogens with zero attached hydrogens (tertiary/aromatic N) is 4. The molecule has 0 amide bonds. The predicted molar refractivity (Wildman–Crippen MR) is 100 cm³/mol. The zero-order chi connectivity index (χ0) is 17.8. The van der Waals surface area contributed by atoms with E-state index in [1.807, 2.05) is 13.3 Å². The molecule has 1 saturated heterocycles. The van der Waals surface area contributed by atoms with Gasteiger partial charge in [0.1, 0.15) is 0 Å². The van der Waals surface area contributed by atoms with Crippen LogP contribution in [0.2, 0.25) is 0 Å². The third-order valence-electron chi connectivity index (χ3n) is 4.70. The summed E-state index contributed by atoms with van der Waals surface area (Å²) in [4.78, 5) is 13.9. The number of aromatic nitrogens is 4. The zero-order valence-corrected chi connectivity index (χ0v) is 15.3. The summed E-state index contributed by atoms with van der Waals surface area (Å²) in [7, 11) is 0. The molecular weight excluding hydrogens is 318 g/mol. The van der Waals surface area contributed by atoms with Crippen LogP contribution in [0.4, 0.5) is 11.8 Å². The van der Waals surface area contributed by atoms with Crippen molar-refractivity contribution < 1.29 is 5.11 Å². The number of fused-ring (bicyclic) bond motifs is 1. The number of hydrogen-bond donors (Lipinski definition) is 4. The first-order chi connectivity index (χ1) is 12.1. The lowest BCUT2D eigenvalue weighted by atomic mass is 10.1. The van der Waals surface area contributed by atoms with Crippen LogP contribution in [0.1, 0.15) is 46.1 Å². The van der Waals surface area contributed by atoms with Crippen LogP contribution in [0.25, 0.3) is 11.2 Å². The molecule has 0 bridgehead atoms. The molecule has 0 aromatic carbocycles. The van der Waals surface area contributed by atoms with Gasteiger partial charge < -0.3 is 25.6 Å². The van der Waals surface area contributed by atoms with E-state index in [9.17, 15) is 5.11 Å². The largest absolute Gasteiger partial charge is 0.394 e. The molecule has 1 fully saturated rings. The highest BCUT2D eigenvalue weighted by Gasteiger charge is 2.20. The van der Waals surface area contributed by atoms with Crippen molar-refractivity contribution in [3.8, 4) is 0 Å². The van der Waals surface area contributed by atoms with Crippen molar-refractivity contribution in [3.63, 3.8) is 0 Å². The Labute approximate surface area is 148 Å². The topological polar surface area (TPSA) is 99.9 Å². The third kappa shape index (κ3) is 4.01. The maximum atomic E-state index is 9.48. The fourth-order valence-corrected chi connectivity index (χ4v) is 3.08. The van der Waals surface area contributed by atoms with Crippen LogP contribution in [0, 0.1) is 0 Å². The van der Waals surface area contributed by atoms with Gasteiger partial charge in [-0.15, -0.1) is 0 Å². The first-order valence-electron chi connectivity index (χ1n) is 9.21. The van der Waals surface area contributed by atoms with Crippen LogP contribution in [0.3, 0.4) is 0 Å². The van der Waals surface area contributed by atoms with E-state index in [2.05, 4.69) is 49.3 Å². The molecule has 0 aliphatic carbocycles. The smallest absolute Gasteiger partial charge is 0.227 e. The van der Waals surface area contributed by atoms with E-state index in [-0.39, 0.29) is 18.7 Å². The molecule has 1 aliphatic heterocycles. The van der Waals surface area contributed by atoms with Gasteiger partial charge in [0, 0.05) is 12.1 Å². The van der Waals surface area contributed by atoms with Gasteiger partial charge in [-0.2, -0.15) is 9.97 Å². The molecular formula is C17H29N7O. The lowest BCUT2D eigenvalue weighted by Crippen LogP contribution is -2.35. The average molecular weight is 347 g/mol. The maximum absolute atomic E-state index is 9.48. The average Bonchev–Trinajstić information content (AvgIpc) is 3.05. The van der Waals surface area contributed by atoms with Gasteiger partial charge in [-0.3, -0.25) is 0 Å². The maximum Gasteiger partial charge on any atom is 0.227 e. The van der Waals surface area contributed by atoms with E-state index >= 15 is 0 Å². The Hall–Kier alpha value is -1.93. The Morgan fingerprint density at radius 1 is 1.32 bits per heavy atom. The van der Waals surface area contributed by atoms with Crippen molar-refractivity contribution in [3.05, 3.63) is 6.33 Å². The summed E-state index contributed by atoms with van der Waals surface area (Å²) in [5.41, 5.74) is 1.62. The molecule has 8 nitrogen and oxygen atoms in total. The summed E-state index contributed by atoms with van der Waals surface area (Å²) < 4.78 is 2.05. The van der Waals surface area contributed by atoms with Gasteiger partial charge in [0.15, 0.2) is 17.0 Å². The molecule has 138 valence electrons. The zero-order valence-electron chi connectivity index (χ0n) is 15.3. The van der Waals surface area contributed by atoms with E-state index in [4.69, 9.17) is 0 Å². The van der Waals surface area contributed by atoms with Gasteiger partial charge in [0.25, 0.3) is 0 Å². The molecule has 1 atom stereocenters. The van der Waals surface area contributed by atoms with Crippen LogP contribution < -0.4 is 16.0 Å². The number of rotatable bonds is 7. The predicted octanol–water partition coefficient (Wildman–Crippen LogP) is 1.75. The Bertz CT molecular complexity index is 690. The van der Waals surface area contributed by atoms with Crippen molar-refractivity contribution in [1.82, 2.24) is 24.8 Å². The first-order valence-corrected chi connectivity index (χ1v) is 9.21. The number of anilines is 2. The van der Waals surface area contributed by atoms with Crippen molar-refractivity contribution >= 4 is 22.9 Å². The molecule has 0 unspecified atom stereocenters. The minimum Gasteiger partial charge on any atom is -0.394 e. The third-order valence-corrected chi connectivity index (χ3v) is 4.70. The number of nitrogens with one attached hydrogen (secondary N) is 3. The van der Waals surface area contributed by atoms with Crippen LogP contribution in [0.5, 0.6) is 0 Å². The molecule has 1 aliphatic rings. The van der Waals surface area contributed by atoms with Crippen LogP contribution >= 0.6 is 0 Å². The number of imidazole rings is 1. The quantitative estimate of drug-likeness (QED) is 0.605. The molecule has 3 heterocycles. The molecule has 8 heteroatoms. The molecule has 2 aromatic rings. The van der Waals surface area contributed by atoms with Gasteiger partial charge in [0.2, 0.25) is 5.95 Å². The fourth-order valence-electron chi connectivity index (χ4n) is 3.08. The standard InChI is InChI=1S/C17H29N7O/c1-4-12(9-25)21-17-22-15(20-13-5-7-18-8-6-13)14-16(23-17)24(10-19-14)11(2)3/h10-13,18,25H,4-9H2,1-3H3,(H2,20,21,22,23)/t12-/m1/s1. The summed E-state index contributed by atoms with van der Waals surface area (Å²) in [6.07, 6.45) is 4.75. The number of aliphatic hydroxyl groups is 1. The molecule has 4 N–H and O–H groups in total. The second-order valence-corrected chi connectivity index (χ2v) is 6.91. The van der Waals surface area contributed by atoms with Gasteiger partial charge in [-0.25, -0.2) is 4.98 Å².